The maximum Gasteiger partial charge on any atom is 0.155 e. The van der Waals surface area contributed by atoms with Crippen molar-refractivity contribution in [1.82, 2.24) is 9.78 Å². The van der Waals surface area contributed by atoms with Gasteiger partial charge in [-0.3, -0.25) is 4.79 Å². The highest BCUT2D eigenvalue weighted by Crippen LogP contribution is 2.58. The molecule has 3 aromatic rings. The number of ketones is 1. The Hall–Kier alpha value is -3.19. The lowest BCUT2D eigenvalue weighted by atomic mass is 9.49. The van der Waals surface area contributed by atoms with E-state index in [-0.39, 0.29) is 17.1 Å². The second-order valence-electron chi connectivity index (χ2n) is 9.77. The fourth-order valence-electron chi connectivity index (χ4n) is 6.27. The van der Waals surface area contributed by atoms with Gasteiger partial charge in [-0.15, -0.1) is 0 Å². The summed E-state index contributed by atoms with van der Waals surface area (Å²) in [5.41, 5.74) is 4.74. The quantitative estimate of drug-likeness (QED) is 0.562. The Balaban J connectivity index is 1.79. The Kier molecular flexibility index (Phi) is 4.41. The number of hydrogen-bond donors (Lipinski definition) is 0. The Morgan fingerprint density at radius 1 is 1.03 bits per heavy atom. The van der Waals surface area contributed by atoms with Gasteiger partial charge in [0.15, 0.2) is 5.78 Å². The lowest BCUT2D eigenvalue weighted by molar-refractivity contribution is -0.140. The number of fused-ring (bicyclic) bond motifs is 3. The first-order valence-electron chi connectivity index (χ1n) is 11.0. The highest BCUT2D eigenvalue weighted by molar-refractivity contribution is 5.90. The van der Waals surface area contributed by atoms with Crippen molar-refractivity contribution in [2.75, 3.05) is 0 Å². The molecule has 1 heterocycles. The zero-order chi connectivity index (χ0) is 21.8. The second-order valence-corrected chi connectivity index (χ2v) is 9.77. The SMILES string of the molecule is CC1(C)C(=O)C(C#N)C[C@]2(C)c3c(c(-c4ccccc4)nn3-c3ccccc3)CC[C@@H]12. The lowest BCUT2D eigenvalue weighted by Crippen LogP contribution is -2.55. The van der Waals surface area contributed by atoms with Gasteiger partial charge >= 0.3 is 0 Å². The van der Waals surface area contributed by atoms with Crippen molar-refractivity contribution in [3.8, 4) is 23.0 Å². The van der Waals surface area contributed by atoms with Crippen LogP contribution in [0.3, 0.4) is 0 Å². The maximum absolute atomic E-state index is 13.1. The van der Waals surface area contributed by atoms with Crippen molar-refractivity contribution in [3.63, 3.8) is 0 Å². The molecule has 1 unspecified atom stereocenters. The second kappa shape index (κ2) is 6.92. The molecule has 1 saturated carbocycles. The fourth-order valence-corrected chi connectivity index (χ4v) is 6.27. The molecular formula is C27H27N3O. The van der Waals surface area contributed by atoms with Gasteiger partial charge in [-0.2, -0.15) is 10.4 Å². The summed E-state index contributed by atoms with van der Waals surface area (Å²) >= 11 is 0. The van der Waals surface area contributed by atoms with E-state index in [9.17, 15) is 10.1 Å². The molecule has 0 radical (unpaired) electrons. The third-order valence-corrected chi connectivity index (χ3v) is 7.63. The van der Waals surface area contributed by atoms with Crippen LogP contribution in [0, 0.1) is 28.6 Å². The van der Waals surface area contributed by atoms with Crippen LogP contribution in [0.2, 0.25) is 0 Å². The molecule has 0 bridgehead atoms. The number of carbonyl (C=O) groups is 1. The summed E-state index contributed by atoms with van der Waals surface area (Å²) in [5.74, 6) is -0.316. The van der Waals surface area contributed by atoms with Crippen molar-refractivity contribution < 1.29 is 4.79 Å². The van der Waals surface area contributed by atoms with E-state index in [0.717, 1.165) is 29.8 Å². The molecule has 5 rings (SSSR count). The summed E-state index contributed by atoms with van der Waals surface area (Å²) in [6.45, 7) is 6.33. The van der Waals surface area contributed by atoms with E-state index in [1.807, 2.05) is 50.2 Å². The van der Waals surface area contributed by atoms with Crippen LogP contribution in [0.4, 0.5) is 0 Å². The predicted octanol–water partition coefficient (Wildman–Crippen LogP) is 5.50. The van der Waals surface area contributed by atoms with Gasteiger partial charge < -0.3 is 0 Å². The summed E-state index contributed by atoms with van der Waals surface area (Å²) in [6, 6.07) is 22.9. The Morgan fingerprint density at radius 2 is 1.68 bits per heavy atom. The normalized spacial score (nSPS) is 26.6. The van der Waals surface area contributed by atoms with Crippen molar-refractivity contribution >= 4 is 5.78 Å². The van der Waals surface area contributed by atoms with Crippen molar-refractivity contribution in [2.24, 2.45) is 17.3 Å². The minimum atomic E-state index is -0.582. The molecular weight excluding hydrogens is 382 g/mol. The standard InChI is InChI=1S/C27H27N3O/c1-26(2)22-15-14-21-23(18-10-6-4-7-11-18)29-30(20-12-8-5-9-13-20)24(21)27(22,3)16-19(17-28)25(26)31/h4-13,19,22H,14-16H2,1-3H3/t19?,22-,27-/m0/s1. The number of rotatable bonds is 2. The molecule has 3 atom stereocenters. The van der Waals surface area contributed by atoms with E-state index in [1.54, 1.807) is 0 Å². The predicted molar refractivity (Wildman–Crippen MR) is 121 cm³/mol. The third kappa shape index (κ3) is 2.80. The van der Waals surface area contributed by atoms with E-state index in [0.29, 0.717) is 6.42 Å². The summed E-state index contributed by atoms with van der Waals surface area (Å²) in [5, 5.41) is 15.0. The van der Waals surface area contributed by atoms with Gasteiger partial charge in [0, 0.05) is 22.0 Å². The number of aromatic nitrogens is 2. The van der Waals surface area contributed by atoms with E-state index in [4.69, 9.17) is 5.10 Å². The zero-order valence-electron chi connectivity index (χ0n) is 18.3. The molecule has 1 aromatic heterocycles. The van der Waals surface area contributed by atoms with Crippen LogP contribution in [0.25, 0.3) is 16.9 Å². The first-order chi connectivity index (χ1) is 14.9. The maximum atomic E-state index is 13.1. The van der Waals surface area contributed by atoms with E-state index < -0.39 is 11.3 Å². The van der Waals surface area contributed by atoms with Gasteiger partial charge in [0.05, 0.1) is 23.1 Å². The average molecular weight is 410 g/mol. The van der Waals surface area contributed by atoms with E-state index in [1.165, 1.54) is 11.3 Å². The number of hydrogen-bond acceptors (Lipinski definition) is 3. The Labute approximate surface area is 183 Å². The summed E-state index contributed by atoms with van der Waals surface area (Å²) in [7, 11) is 0. The van der Waals surface area contributed by atoms with Crippen LogP contribution in [0.1, 0.15) is 44.9 Å². The smallest absolute Gasteiger partial charge is 0.155 e. The number of Topliss-reactive ketones (excluding diaryl/α,β-unsaturated/α-hetero) is 1. The number of benzene rings is 2. The molecule has 156 valence electrons. The fraction of sp³-hybridized carbons (Fsp3) is 0.370. The topological polar surface area (TPSA) is 58.7 Å². The number of para-hydroxylation sites is 1. The largest absolute Gasteiger partial charge is 0.298 e. The van der Waals surface area contributed by atoms with Gasteiger partial charge in [0.2, 0.25) is 0 Å². The Morgan fingerprint density at radius 3 is 2.32 bits per heavy atom. The molecule has 4 heteroatoms. The highest BCUT2D eigenvalue weighted by atomic mass is 16.1. The van der Waals surface area contributed by atoms with Gasteiger partial charge in [0.25, 0.3) is 0 Å². The first kappa shape index (κ1) is 19.8. The van der Waals surface area contributed by atoms with Crippen LogP contribution < -0.4 is 0 Å². The minimum absolute atomic E-state index is 0.0926. The van der Waals surface area contributed by atoms with Crippen molar-refractivity contribution in [2.45, 2.75) is 45.4 Å². The summed E-state index contributed by atoms with van der Waals surface area (Å²) in [4.78, 5) is 13.1. The van der Waals surface area contributed by atoms with E-state index in [2.05, 4.69) is 41.9 Å². The number of nitrogens with zero attached hydrogens (tertiary/aromatic N) is 3. The zero-order valence-corrected chi connectivity index (χ0v) is 18.3. The van der Waals surface area contributed by atoms with Crippen LogP contribution >= 0.6 is 0 Å². The van der Waals surface area contributed by atoms with Crippen LogP contribution in [0.15, 0.2) is 60.7 Å². The van der Waals surface area contributed by atoms with Gasteiger partial charge in [-0.25, -0.2) is 4.68 Å². The first-order valence-corrected chi connectivity index (χ1v) is 11.0. The number of nitriles is 1. The van der Waals surface area contributed by atoms with Crippen LogP contribution in [-0.2, 0) is 16.6 Å². The van der Waals surface area contributed by atoms with Crippen LogP contribution in [0.5, 0.6) is 0 Å². The molecule has 1 fully saturated rings. The molecule has 2 aliphatic rings. The molecule has 31 heavy (non-hydrogen) atoms. The molecule has 0 N–H and O–H groups in total. The number of carbonyl (C=O) groups excluding carboxylic acids is 1. The van der Waals surface area contributed by atoms with Crippen molar-refractivity contribution in [1.29, 1.82) is 5.26 Å². The van der Waals surface area contributed by atoms with Gasteiger partial charge in [-0.05, 0) is 37.3 Å². The monoisotopic (exact) mass is 409 g/mol. The molecule has 0 aliphatic heterocycles. The van der Waals surface area contributed by atoms with Gasteiger partial charge in [0.1, 0.15) is 5.92 Å². The highest BCUT2D eigenvalue weighted by Gasteiger charge is 2.58. The van der Waals surface area contributed by atoms with E-state index >= 15 is 0 Å². The summed E-state index contributed by atoms with van der Waals surface area (Å²) in [6.07, 6.45) is 2.37. The third-order valence-electron chi connectivity index (χ3n) is 7.63. The van der Waals surface area contributed by atoms with Crippen LogP contribution in [-0.4, -0.2) is 15.6 Å². The summed E-state index contributed by atoms with van der Waals surface area (Å²) < 4.78 is 2.09. The van der Waals surface area contributed by atoms with Gasteiger partial charge in [-0.1, -0.05) is 69.3 Å². The lowest BCUT2D eigenvalue weighted by Gasteiger charge is -2.53. The molecule has 0 spiro atoms. The Bertz CT molecular complexity index is 1190. The molecule has 2 aliphatic carbocycles. The average Bonchev–Trinajstić information content (AvgIpc) is 3.19. The molecule has 4 nitrogen and oxygen atoms in total. The van der Waals surface area contributed by atoms with Crippen molar-refractivity contribution in [3.05, 3.63) is 71.9 Å². The molecule has 0 amide bonds. The molecule has 2 aromatic carbocycles. The minimum Gasteiger partial charge on any atom is -0.298 e. The molecule has 0 saturated heterocycles.